The van der Waals surface area contributed by atoms with Gasteiger partial charge in [0.15, 0.2) is 0 Å². The van der Waals surface area contributed by atoms with Crippen LogP contribution in [0.2, 0.25) is 0 Å². The van der Waals surface area contributed by atoms with Gasteiger partial charge in [-0.2, -0.15) is 0 Å². The Morgan fingerprint density at radius 2 is 1.59 bits per heavy atom. The number of aromatic hydroxyl groups is 1. The molecule has 4 aliphatic carbocycles. The fraction of sp³-hybridized carbons (Fsp3) is 0.316. The van der Waals surface area contributed by atoms with E-state index < -0.39 is 0 Å². The van der Waals surface area contributed by atoms with Gasteiger partial charge in [0.05, 0.1) is 13.2 Å². The Morgan fingerprint density at radius 1 is 0.909 bits per heavy atom. The van der Waals surface area contributed by atoms with E-state index >= 15 is 0 Å². The maximum absolute atomic E-state index is 10.1. The largest absolute Gasteiger partial charge is 0.508 e. The summed E-state index contributed by atoms with van der Waals surface area (Å²) in [5.41, 5.74) is 5.81. The molecular formula is C19H21NO2. The van der Waals surface area contributed by atoms with Crippen molar-refractivity contribution in [3.63, 3.8) is 0 Å². The first kappa shape index (κ1) is 14.8. The van der Waals surface area contributed by atoms with Crippen LogP contribution in [0, 0.1) is 0 Å². The second-order valence-electron chi connectivity index (χ2n) is 5.76. The van der Waals surface area contributed by atoms with E-state index in [4.69, 9.17) is 5.11 Å². The van der Waals surface area contributed by atoms with E-state index in [-0.39, 0.29) is 6.61 Å². The first-order valence-electron chi connectivity index (χ1n) is 7.79. The zero-order valence-corrected chi connectivity index (χ0v) is 12.6. The van der Waals surface area contributed by atoms with Crippen molar-refractivity contribution < 1.29 is 10.2 Å². The number of rotatable bonds is 3. The first-order valence-corrected chi connectivity index (χ1v) is 7.79. The van der Waals surface area contributed by atoms with Crippen molar-refractivity contribution in [2.45, 2.75) is 25.7 Å². The maximum atomic E-state index is 10.1. The SMILES string of the molecule is OCCN=Cc1cc2ccc1CCc1ccc(c(O)c1)CC2. The fourth-order valence-electron chi connectivity index (χ4n) is 2.90. The van der Waals surface area contributed by atoms with Crippen LogP contribution in [0.3, 0.4) is 0 Å². The summed E-state index contributed by atoms with van der Waals surface area (Å²) < 4.78 is 0. The molecule has 0 saturated carbocycles. The molecule has 3 nitrogen and oxygen atoms in total. The topological polar surface area (TPSA) is 52.8 Å². The summed E-state index contributed by atoms with van der Waals surface area (Å²) in [5, 5.41) is 19.0. The minimum atomic E-state index is 0.0800. The number of phenols is 1. The molecule has 0 radical (unpaired) electrons. The average molecular weight is 295 g/mol. The van der Waals surface area contributed by atoms with Crippen molar-refractivity contribution in [2.24, 2.45) is 4.99 Å². The van der Waals surface area contributed by atoms with Crippen molar-refractivity contribution in [2.75, 3.05) is 13.2 Å². The molecule has 0 unspecified atom stereocenters. The molecule has 0 atom stereocenters. The van der Waals surface area contributed by atoms with E-state index in [2.05, 4.69) is 29.3 Å². The summed E-state index contributed by atoms with van der Waals surface area (Å²) in [7, 11) is 0. The Hall–Kier alpha value is -2.13. The highest BCUT2D eigenvalue weighted by Crippen LogP contribution is 2.24. The number of aliphatic imine (C=N–C) groups is 1. The molecule has 0 amide bonds. The number of aryl methyl sites for hydroxylation is 4. The predicted octanol–water partition coefficient (Wildman–Crippen LogP) is 2.69. The van der Waals surface area contributed by atoms with Crippen molar-refractivity contribution in [3.05, 3.63) is 64.2 Å². The highest BCUT2D eigenvalue weighted by atomic mass is 16.3. The number of hydrogen-bond donors (Lipinski definition) is 2. The minimum Gasteiger partial charge on any atom is -0.508 e. The summed E-state index contributed by atoms with van der Waals surface area (Å²) in [6, 6.07) is 12.6. The number of phenolic OH excluding ortho intramolecular Hbond substituents is 1. The second-order valence-corrected chi connectivity index (χ2v) is 5.76. The second kappa shape index (κ2) is 6.75. The van der Waals surface area contributed by atoms with Gasteiger partial charge in [-0.05, 0) is 65.6 Å². The summed E-state index contributed by atoms with van der Waals surface area (Å²) in [6.45, 7) is 0.523. The molecule has 4 bridgehead atoms. The van der Waals surface area contributed by atoms with Gasteiger partial charge in [-0.25, -0.2) is 0 Å². The highest BCUT2D eigenvalue weighted by Gasteiger charge is 2.09. The van der Waals surface area contributed by atoms with Gasteiger partial charge < -0.3 is 10.2 Å². The molecule has 0 aliphatic heterocycles. The lowest BCUT2D eigenvalue weighted by Crippen LogP contribution is -2.02. The highest BCUT2D eigenvalue weighted by molar-refractivity contribution is 5.82. The molecule has 0 saturated heterocycles. The summed E-state index contributed by atoms with van der Waals surface area (Å²) >= 11 is 0. The van der Waals surface area contributed by atoms with Gasteiger partial charge in [0.2, 0.25) is 0 Å². The Balaban J connectivity index is 1.94. The monoisotopic (exact) mass is 295 g/mol. The third-order valence-electron chi connectivity index (χ3n) is 4.19. The van der Waals surface area contributed by atoms with Crippen molar-refractivity contribution >= 4 is 6.21 Å². The normalized spacial score (nSPS) is 14.2. The lowest BCUT2D eigenvalue weighted by atomic mass is 9.93. The van der Waals surface area contributed by atoms with Gasteiger partial charge >= 0.3 is 0 Å². The van der Waals surface area contributed by atoms with Crippen LogP contribution in [0.4, 0.5) is 0 Å². The molecule has 2 N–H and O–H groups in total. The van der Waals surface area contributed by atoms with Gasteiger partial charge in [0, 0.05) is 6.21 Å². The van der Waals surface area contributed by atoms with Gasteiger partial charge in [-0.3, -0.25) is 4.99 Å². The summed E-state index contributed by atoms with van der Waals surface area (Å²) in [5.74, 6) is 0.414. The van der Waals surface area contributed by atoms with Crippen LogP contribution in [0.15, 0.2) is 41.4 Å². The van der Waals surface area contributed by atoms with Crippen LogP contribution in [-0.2, 0) is 25.7 Å². The van der Waals surface area contributed by atoms with Gasteiger partial charge in [-0.15, -0.1) is 0 Å². The van der Waals surface area contributed by atoms with E-state index in [9.17, 15) is 5.11 Å². The molecular weight excluding hydrogens is 274 g/mol. The molecule has 2 aromatic rings. The number of aliphatic hydroxyl groups is 1. The van der Waals surface area contributed by atoms with Gasteiger partial charge in [-0.1, -0.05) is 24.3 Å². The van der Waals surface area contributed by atoms with Crippen LogP contribution < -0.4 is 0 Å². The Morgan fingerprint density at radius 3 is 2.32 bits per heavy atom. The van der Waals surface area contributed by atoms with Crippen molar-refractivity contribution in [1.82, 2.24) is 0 Å². The van der Waals surface area contributed by atoms with E-state index in [1.807, 2.05) is 18.3 Å². The lowest BCUT2D eigenvalue weighted by molar-refractivity contribution is 0.307. The zero-order valence-electron chi connectivity index (χ0n) is 12.6. The van der Waals surface area contributed by atoms with Gasteiger partial charge in [0.25, 0.3) is 0 Å². The maximum Gasteiger partial charge on any atom is 0.119 e. The quantitative estimate of drug-likeness (QED) is 0.855. The molecule has 0 spiro atoms. The van der Waals surface area contributed by atoms with Crippen molar-refractivity contribution in [3.8, 4) is 5.75 Å². The number of aliphatic hydroxyl groups excluding tert-OH is 1. The van der Waals surface area contributed by atoms with Crippen LogP contribution in [-0.4, -0.2) is 29.6 Å². The van der Waals surface area contributed by atoms with E-state index in [1.165, 1.54) is 11.1 Å². The smallest absolute Gasteiger partial charge is 0.119 e. The predicted molar refractivity (Wildman–Crippen MR) is 88.9 cm³/mol. The Labute approximate surface area is 131 Å². The minimum absolute atomic E-state index is 0.0800. The molecule has 6 rings (SSSR count). The molecule has 4 aliphatic rings. The molecule has 2 aromatic carbocycles. The third kappa shape index (κ3) is 3.37. The van der Waals surface area contributed by atoms with Crippen LogP contribution in [0.1, 0.15) is 27.8 Å². The fourth-order valence-corrected chi connectivity index (χ4v) is 2.90. The zero-order chi connectivity index (χ0) is 15.4. The summed E-state index contributed by atoms with van der Waals surface area (Å²) in [6.07, 6.45) is 5.42. The summed E-state index contributed by atoms with van der Waals surface area (Å²) in [4.78, 5) is 4.27. The molecule has 3 heteroatoms. The Kier molecular flexibility index (Phi) is 4.54. The number of hydrogen-bond acceptors (Lipinski definition) is 3. The molecule has 0 aromatic heterocycles. The van der Waals surface area contributed by atoms with E-state index in [1.54, 1.807) is 0 Å². The number of nitrogens with zero attached hydrogens (tertiary/aromatic N) is 1. The Bertz CT molecular complexity index is 692. The molecule has 0 fully saturated rings. The average Bonchev–Trinajstić information content (AvgIpc) is 2.51. The molecule has 22 heavy (non-hydrogen) atoms. The number of benzene rings is 2. The van der Waals surface area contributed by atoms with E-state index in [0.717, 1.165) is 42.4 Å². The third-order valence-corrected chi connectivity index (χ3v) is 4.19. The van der Waals surface area contributed by atoms with Crippen LogP contribution in [0.25, 0.3) is 0 Å². The molecule has 0 heterocycles. The standard InChI is InChI=1S/C19H21NO2/c21-10-9-20-13-18-11-14-1-5-16(18)6-2-15-4-8-17(7-3-14)19(22)12-15/h1,4-5,8,11-13,21-22H,2-3,6-7,9-10H2. The lowest BCUT2D eigenvalue weighted by Gasteiger charge is -2.13. The van der Waals surface area contributed by atoms with Crippen LogP contribution in [0.5, 0.6) is 5.75 Å². The van der Waals surface area contributed by atoms with Crippen molar-refractivity contribution in [1.29, 1.82) is 0 Å². The van der Waals surface area contributed by atoms with Gasteiger partial charge in [0.1, 0.15) is 5.75 Å². The van der Waals surface area contributed by atoms with E-state index in [0.29, 0.717) is 12.3 Å². The molecule has 114 valence electrons. The van der Waals surface area contributed by atoms with Crippen LogP contribution >= 0.6 is 0 Å². The first-order chi connectivity index (χ1) is 10.8.